The van der Waals surface area contributed by atoms with Crippen molar-refractivity contribution in [3.63, 3.8) is 0 Å². The van der Waals surface area contributed by atoms with Gasteiger partial charge in [-0.2, -0.15) is 10.4 Å². The van der Waals surface area contributed by atoms with Gasteiger partial charge in [0.25, 0.3) is 5.91 Å². The summed E-state index contributed by atoms with van der Waals surface area (Å²) < 4.78 is 1.45. The lowest BCUT2D eigenvalue weighted by atomic mass is 10.1. The molecule has 1 amide bonds. The molecule has 0 saturated heterocycles. The summed E-state index contributed by atoms with van der Waals surface area (Å²) in [5.41, 5.74) is 1.30. The summed E-state index contributed by atoms with van der Waals surface area (Å²) in [5.74, 6) is -0.0221. The number of amides is 1. The van der Waals surface area contributed by atoms with E-state index in [1.54, 1.807) is 20.0 Å². The van der Waals surface area contributed by atoms with Crippen molar-refractivity contribution in [2.75, 3.05) is 5.32 Å². The van der Waals surface area contributed by atoms with E-state index in [0.29, 0.717) is 16.7 Å². The monoisotopic (exact) mass is 256 g/mol. The molecule has 0 unspecified atom stereocenters. The van der Waals surface area contributed by atoms with Gasteiger partial charge in [-0.05, 0) is 30.7 Å². The van der Waals surface area contributed by atoms with Crippen molar-refractivity contribution in [2.45, 2.75) is 6.92 Å². The molecule has 1 heterocycles. The first kappa shape index (κ1) is 12.6. The molecule has 2 N–H and O–H groups in total. The second-order valence-electron chi connectivity index (χ2n) is 4.13. The summed E-state index contributed by atoms with van der Waals surface area (Å²) in [7, 11) is 1.67. The number of hydrogen-bond acceptors (Lipinski definition) is 4. The molecule has 6 heteroatoms. The number of anilines is 1. The van der Waals surface area contributed by atoms with Crippen LogP contribution in [0.3, 0.4) is 0 Å². The topological polar surface area (TPSA) is 90.9 Å². The number of hydrogen-bond donors (Lipinski definition) is 2. The number of aromatic nitrogens is 2. The molecule has 0 bridgehead atoms. The van der Waals surface area contributed by atoms with Crippen molar-refractivity contribution < 1.29 is 9.90 Å². The molecule has 1 aromatic heterocycles. The van der Waals surface area contributed by atoms with Crippen LogP contribution in [0.15, 0.2) is 24.4 Å². The molecular formula is C13H12N4O2. The van der Waals surface area contributed by atoms with E-state index < -0.39 is 0 Å². The number of nitrogens with one attached hydrogen (secondary N) is 1. The minimum atomic E-state index is -0.377. The Morgan fingerprint density at radius 2 is 2.26 bits per heavy atom. The van der Waals surface area contributed by atoms with Gasteiger partial charge in [-0.15, -0.1) is 0 Å². The van der Waals surface area contributed by atoms with Gasteiger partial charge in [-0.3, -0.25) is 9.48 Å². The third-order valence-corrected chi connectivity index (χ3v) is 2.64. The van der Waals surface area contributed by atoms with E-state index in [0.717, 1.165) is 0 Å². The van der Waals surface area contributed by atoms with Gasteiger partial charge in [-0.1, -0.05) is 0 Å². The standard InChI is InChI=1S/C13H12N4O2/c1-8-5-9(3-4-11(8)18)13(19)15-12-10(6-14)7-17(2)16-12/h3-5,7,18H,1-2H3,(H,15,16,19). The zero-order valence-electron chi connectivity index (χ0n) is 10.5. The van der Waals surface area contributed by atoms with Gasteiger partial charge in [0.05, 0.1) is 0 Å². The number of carbonyl (C=O) groups excluding carboxylic acids is 1. The Morgan fingerprint density at radius 1 is 1.53 bits per heavy atom. The highest BCUT2D eigenvalue weighted by atomic mass is 16.3. The fourth-order valence-corrected chi connectivity index (χ4v) is 1.64. The van der Waals surface area contributed by atoms with Crippen molar-refractivity contribution in [3.05, 3.63) is 41.1 Å². The summed E-state index contributed by atoms with van der Waals surface area (Å²) in [6.07, 6.45) is 1.53. The van der Waals surface area contributed by atoms with Crippen molar-refractivity contribution >= 4 is 11.7 Å². The van der Waals surface area contributed by atoms with Crippen LogP contribution in [0.25, 0.3) is 0 Å². The number of rotatable bonds is 2. The Labute approximate surface area is 109 Å². The van der Waals surface area contributed by atoms with Crippen LogP contribution in [-0.2, 0) is 7.05 Å². The van der Waals surface area contributed by atoms with Gasteiger partial charge in [-0.25, -0.2) is 0 Å². The lowest BCUT2D eigenvalue weighted by Crippen LogP contribution is -2.13. The minimum Gasteiger partial charge on any atom is -0.508 e. The zero-order valence-corrected chi connectivity index (χ0v) is 10.5. The number of phenols is 1. The molecule has 0 spiro atoms. The Bertz CT molecular complexity index is 682. The van der Waals surface area contributed by atoms with E-state index in [-0.39, 0.29) is 17.5 Å². The number of aryl methyl sites for hydroxylation is 2. The predicted octanol–water partition coefficient (Wildman–Crippen LogP) is 1.56. The van der Waals surface area contributed by atoms with E-state index in [4.69, 9.17) is 5.26 Å². The van der Waals surface area contributed by atoms with Crippen molar-refractivity contribution in [1.82, 2.24) is 9.78 Å². The number of benzene rings is 1. The first-order chi connectivity index (χ1) is 9.01. The van der Waals surface area contributed by atoms with E-state index >= 15 is 0 Å². The number of phenolic OH excluding ortho intramolecular Hbond substituents is 1. The van der Waals surface area contributed by atoms with Crippen LogP contribution in [0.1, 0.15) is 21.5 Å². The second kappa shape index (κ2) is 4.82. The predicted molar refractivity (Wildman–Crippen MR) is 68.7 cm³/mol. The van der Waals surface area contributed by atoms with Gasteiger partial charge < -0.3 is 10.4 Å². The molecule has 0 atom stereocenters. The highest BCUT2D eigenvalue weighted by Gasteiger charge is 2.13. The second-order valence-corrected chi connectivity index (χ2v) is 4.13. The molecule has 0 fully saturated rings. The molecule has 0 aliphatic heterocycles. The summed E-state index contributed by atoms with van der Waals surface area (Å²) in [4.78, 5) is 12.0. The van der Waals surface area contributed by atoms with Gasteiger partial charge in [0.1, 0.15) is 17.4 Å². The summed E-state index contributed by atoms with van der Waals surface area (Å²) in [6.45, 7) is 1.70. The average Bonchev–Trinajstić information content (AvgIpc) is 2.72. The van der Waals surface area contributed by atoms with Crippen LogP contribution in [0, 0.1) is 18.3 Å². The highest BCUT2D eigenvalue weighted by molar-refractivity contribution is 6.04. The average molecular weight is 256 g/mol. The Hall–Kier alpha value is -2.81. The fraction of sp³-hybridized carbons (Fsp3) is 0.154. The maximum atomic E-state index is 12.0. The number of carbonyl (C=O) groups is 1. The van der Waals surface area contributed by atoms with Crippen molar-refractivity contribution in [2.24, 2.45) is 7.05 Å². The fourth-order valence-electron chi connectivity index (χ4n) is 1.64. The normalized spacial score (nSPS) is 9.95. The van der Waals surface area contributed by atoms with E-state index in [2.05, 4.69) is 10.4 Å². The SMILES string of the molecule is Cc1cc(C(=O)Nc2nn(C)cc2C#N)ccc1O. The van der Waals surface area contributed by atoms with Crippen LogP contribution in [0.2, 0.25) is 0 Å². The Morgan fingerprint density at radius 3 is 2.89 bits per heavy atom. The van der Waals surface area contributed by atoms with E-state index in [1.807, 2.05) is 6.07 Å². The molecule has 6 nitrogen and oxygen atoms in total. The first-order valence-corrected chi connectivity index (χ1v) is 5.56. The molecule has 0 saturated carbocycles. The molecule has 1 aromatic carbocycles. The van der Waals surface area contributed by atoms with Gasteiger partial charge >= 0.3 is 0 Å². The van der Waals surface area contributed by atoms with Gasteiger partial charge in [0.15, 0.2) is 5.82 Å². The molecule has 2 aromatic rings. The third-order valence-electron chi connectivity index (χ3n) is 2.64. The highest BCUT2D eigenvalue weighted by Crippen LogP contribution is 2.18. The molecule has 0 aliphatic carbocycles. The molecular weight excluding hydrogens is 244 g/mol. The Kier molecular flexibility index (Phi) is 3.21. The maximum Gasteiger partial charge on any atom is 0.256 e. The van der Waals surface area contributed by atoms with Crippen LogP contribution in [0.5, 0.6) is 5.75 Å². The number of nitriles is 1. The van der Waals surface area contributed by atoms with Crippen molar-refractivity contribution in [3.8, 4) is 11.8 Å². The van der Waals surface area contributed by atoms with Gasteiger partial charge in [0.2, 0.25) is 0 Å². The first-order valence-electron chi connectivity index (χ1n) is 5.56. The lowest BCUT2D eigenvalue weighted by Gasteiger charge is -2.04. The zero-order chi connectivity index (χ0) is 14.0. The molecule has 0 radical (unpaired) electrons. The molecule has 2 rings (SSSR count). The van der Waals surface area contributed by atoms with Crippen molar-refractivity contribution in [1.29, 1.82) is 5.26 Å². The third kappa shape index (κ3) is 2.55. The summed E-state index contributed by atoms with van der Waals surface area (Å²) in [6, 6.07) is 6.48. The molecule has 0 aliphatic rings. The van der Waals surface area contributed by atoms with Crippen LogP contribution < -0.4 is 5.32 Å². The smallest absolute Gasteiger partial charge is 0.256 e. The van der Waals surface area contributed by atoms with E-state index in [9.17, 15) is 9.90 Å². The minimum absolute atomic E-state index is 0.132. The summed E-state index contributed by atoms with van der Waals surface area (Å²) >= 11 is 0. The number of aromatic hydroxyl groups is 1. The molecule has 19 heavy (non-hydrogen) atoms. The molecule has 96 valence electrons. The van der Waals surface area contributed by atoms with Crippen LogP contribution in [-0.4, -0.2) is 20.8 Å². The number of nitrogens with zero attached hydrogens (tertiary/aromatic N) is 3. The van der Waals surface area contributed by atoms with Crippen LogP contribution in [0.4, 0.5) is 5.82 Å². The van der Waals surface area contributed by atoms with E-state index in [1.165, 1.54) is 23.0 Å². The summed E-state index contributed by atoms with van der Waals surface area (Å²) in [5, 5.41) is 24.9. The Balaban J connectivity index is 2.26. The quantitative estimate of drug-likeness (QED) is 0.853. The van der Waals surface area contributed by atoms with Gasteiger partial charge in [0, 0.05) is 18.8 Å². The van der Waals surface area contributed by atoms with Crippen LogP contribution >= 0.6 is 0 Å². The maximum absolute atomic E-state index is 12.0. The lowest BCUT2D eigenvalue weighted by molar-refractivity contribution is 0.102. The largest absolute Gasteiger partial charge is 0.508 e.